The van der Waals surface area contributed by atoms with Gasteiger partial charge in [-0.25, -0.2) is 13.4 Å². The summed E-state index contributed by atoms with van der Waals surface area (Å²) in [5.41, 5.74) is 0.327. The third-order valence-electron chi connectivity index (χ3n) is 4.32. The molecule has 3 rings (SSSR count). The largest absolute Gasteiger partial charge is 0.497 e. The highest BCUT2D eigenvalue weighted by molar-refractivity contribution is 7.99. The fraction of sp³-hybridized carbons (Fsp3) is 0.190. The van der Waals surface area contributed by atoms with Gasteiger partial charge in [0.25, 0.3) is 5.56 Å². The lowest BCUT2D eigenvalue weighted by atomic mass is 10.1. The third-order valence-corrected chi connectivity index (χ3v) is 6.97. The Morgan fingerprint density at radius 2 is 1.84 bits per heavy atom. The van der Waals surface area contributed by atoms with Crippen molar-refractivity contribution in [2.24, 2.45) is 0 Å². The number of thioether (sulfide) groups is 1. The quantitative estimate of drug-likeness (QED) is 0.371. The van der Waals surface area contributed by atoms with Crippen molar-refractivity contribution in [1.82, 2.24) is 15.3 Å². The molecule has 2 aromatic carbocycles. The topological polar surface area (TPSA) is 118 Å². The number of hydrogen-bond acceptors (Lipinski definition) is 7. The summed E-state index contributed by atoms with van der Waals surface area (Å²) in [5, 5.41) is 2.96. The fourth-order valence-corrected chi connectivity index (χ4v) is 4.59. The Balaban J connectivity index is 1.58. The molecule has 8 nitrogen and oxygen atoms in total. The average Bonchev–Trinajstić information content (AvgIpc) is 2.78. The van der Waals surface area contributed by atoms with Crippen LogP contribution in [0.15, 0.2) is 80.5 Å². The first kappa shape index (κ1) is 22.6. The van der Waals surface area contributed by atoms with Crippen LogP contribution in [0.5, 0.6) is 5.75 Å². The van der Waals surface area contributed by atoms with Crippen LogP contribution >= 0.6 is 11.8 Å². The summed E-state index contributed by atoms with van der Waals surface area (Å²) in [7, 11) is -2.56. The van der Waals surface area contributed by atoms with Gasteiger partial charge in [0.1, 0.15) is 5.75 Å². The summed E-state index contributed by atoms with van der Waals surface area (Å²) in [6.07, 6.45) is 1.72. The van der Waals surface area contributed by atoms with Crippen molar-refractivity contribution in [3.05, 3.63) is 76.7 Å². The van der Waals surface area contributed by atoms with E-state index in [2.05, 4.69) is 15.3 Å². The number of H-pyrrole nitrogens is 1. The van der Waals surface area contributed by atoms with Crippen molar-refractivity contribution in [2.75, 3.05) is 19.4 Å². The number of aromatic nitrogens is 2. The standard InChI is InChI=1S/C21H21N3O5S2/c1-29-16-7-9-17(10-8-16)31(27,28)18-13-23-21(24-20(18)26)30-14-19(25)22-12-11-15-5-3-2-4-6-15/h2-10,13H,11-12,14H2,1H3,(H,22,25)(H,23,24,26). The minimum absolute atomic E-state index is 0.0428. The number of hydrogen-bond donors (Lipinski definition) is 2. The lowest BCUT2D eigenvalue weighted by molar-refractivity contribution is -0.118. The molecule has 0 aliphatic heterocycles. The maximum absolute atomic E-state index is 12.7. The molecular formula is C21H21N3O5S2. The Labute approximate surface area is 184 Å². The zero-order valence-electron chi connectivity index (χ0n) is 16.7. The Hall–Kier alpha value is -3.11. The van der Waals surface area contributed by atoms with E-state index in [4.69, 9.17) is 4.74 Å². The zero-order valence-corrected chi connectivity index (χ0v) is 18.3. The molecule has 10 heteroatoms. The lowest BCUT2D eigenvalue weighted by Gasteiger charge is -2.07. The molecule has 0 aliphatic carbocycles. The summed E-state index contributed by atoms with van der Waals surface area (Å²) in [6, 6.07) is 15.5. The minimum Gasteiger partial charge on any atom is -0.497 e. The first-order valence-electron chi connectivity index (χ1n) is 9.32. The molecular weight excluding hydrogens is 438 g/mol. The molecule has 0 radical (unpaired) electrons. The Morgan fingerprint density at radius 3 is 2.48 bits per heavy atom. The van der Waals surface area contributed by atoms with Crippen LogP contribution in [0, 0.1) is 0 Å². The Kier molecular flexibility index (Phi) is 7.48. The van der Waals surface area contributed by atoms with Crippen molar-refractivity contribution in [3.8, 4) is 5.75 Å². The normalized spacial score (nSPS) is 11.1. The number of nitrogens with one attached hydrogen (secondary N) is 2. The molecule has 0 unspecified atom stereocenters. The number of sulfone groups is 1. The Bertz CT molecular complexity index is 1190. The van der Waals surface area contributed by atoms with Crippen molar-refractivity contribution in [1.29, 1.82) is 0 Å². The Morgan fingerprint density at radius 1 is 1.13 bits per heavy atom. The van der Waals surface area contributed by atoms with Crippen LogP contribution < -0.4 is 15.6 Å². The number of ether oxygens (including phenoxy) is 1. The number of benzene rings is 2. The highest BCUT2D eigenvalue weighted by Crippen LogP contribution is 2.21. The van der Waals surface area contributed by atoms with E-state index in [1.807, 2.05) is 30.3 Å². The molecule has 0 fully saturated rings. The van der Waals surface area contributed by atoms with Gasteiger partial charge < -0.3 is 15.0 Å². The SMILES string of the molecule is COc1ccc(S(=O)(=O)c2cnc(SCC(=O)NCCc3ccccc3)[nH]c2=O)cc1. The van der Waals surface area contributed by atoms with Gasteiger partial charge in [0, 0.05) is 6.54 Å². The van der Waals surface area contributed by atoms with Gasteiger partial charge >= 0.3 is 0 Å². The number of carbonyl (C=O) groups excluding carboxylic acids is 1. The van der Waals surface area contributed by atoms with E-state index >= 15 is 0 Å². The second-order valence-corrected chi connectivity index (χ2v) is 9.32. The first-order chi connectivity index (χ1) is 14.9. The van der Waals surface area contributed by atoms with Crippen LogP contribution in [0.1, 0.15) is 5.56 Å². The van der Waals surface area contributed by atoms with Gasteiger partial charge in [-0.15, -0.1) is 0 Å². The smallest absolute Gasteiger partial charge is 0.270 e. The monoisotopic (exact) mass is 459 g/mol. The van der Waals surface area contributed by atoms with Gasteiger partial charge in [0.15, 0.2) is 10.1 Å². The van der Waals surface area contributed by atoms with E-state index in [0.717, 1.165) is 23.5 Å². The number of aromatic amines is 1. The van der Waals surface area contributed by atoms with Crippen molar-refractivity contribution in [3.63, 3.8) is 0 Å². The predicted molar refractivity (Wildman–Crippen MR) is 117 cm³/mol. The molecule has 0 aliphatic rings. The summed E-state index contributed by atoms with van der Waals surface area (Å²) in [4.78, 5) is 30.2. The van der Waals surface area contributed by atoms with Gasteiger partial charge in [-0.2, -0.15) is 0 Å². The van der Waals surface area contributed by atoms with Crippen molar-refractivity contribution < 1.29 is 17.9 Å². The number of amides is 1. The molecule has 1 heterocycles. The van der Waals surface area contributed by atoms with Crippen LogP contribution in [0.4, 0.5) is 0 Å². The van der Waals surface area contributed by atoms with Gasteiger partial charge in [0.2, 0.25) is 15.7 Å². The summed E-state index contributed by atoms with van der Waals surface area (Å²) in [6.45, 7) is 0.492. The van der Waals surface area contributed by atoms with E-state index in [-0.39, 0.29) is 21.7 Å². The second kappa shape index (κ2) is 10.3. The average molecular weight is 460 g/mol. The zero-order chi connectivity index (χ0) is 22.3. The van der Waals surface area contributed by atoms with Gasteiger partial charge in [-0.1, -0.05) is 42.1 Å². The van der Waals surface area contributed by atoms with Crippen LogP contribution in [-0.4, -0.2) is 43.7 Å². The maximum Gasteiger partial charge on any atom is 0.270 e. The number of nitrogens with zero attached hydrogens (tertiary/aromatic N) is 1. The van der Waals surface area contributed by atoms with E-state index < -0.39 is 20.3 Å². The number of methoxy groups -OCH3 is 1. The molecule has 0 saturated carbocycles. The van der Waals surface area contributed by atoms with E-state index in [0.29, 0.717) is 18.7 Å². The molecule has 0 atom stereocenters. The maximum atomic E-state index is 12.7. The van der Waals surface area contributed by atoms with Crippen LogP contribution in [0.3, 0.4) is 0 Å². The fourth-order valence-electron chi connectivity index (χ4n) is 2.69. The van der Waals surface area contributed by atoms with Gasteiger partial charge in [0.05, 0.1) is 24.0 Å². The minimum atomic E-state index is -4.03. The summed E-state index contributed by atoms with van der Waals surface area (Å²) in [5.74, 6) is 0.334. The number of rotatable bonds is 9. The molecule has 1 aromatic heterocycles. The van der Waals surface area contributed by atoms with E-state index in [1.165, 1.54) is 31.4 Å². The van der Waals surface area contributed by atoms with Crippen molar-refractivity contribution in [2.45, 2.75) is 21.4 Å². The lowest BCUT2D eigenvalue weighted by Crippen LogP contribution is -2.27. The molecule has 0 saturated heterocycles. The van der Waals surface area contributed by atoms with Crippen LogP contribution in [-0.2, 0) is 21.1 Å². The summed E-state index contributed by atoms with van der Waals surface area (Å²) < 4.78 is 30.4. The molecule has 1 amide bonds. The van der Waals surface area contributed by atoms with E-state index in [1.54, 1.807) is 0 Å². The molecule has 0 spiro atoms. The van der Waals surface area contributed by atoms with Gasteiger partial charge in [-0.05, 0) is 36.2 Å². The highest BCUT2D eigenvalue weighted by Gasteiger charge is 2.22. The molecule has 162 valence electrons. The van der Waals surface area contributed by atoms with Crippen LogP contribution in [0.25, 0.3) is 0 Å². The number of carbonyl (C=O) groups is 1. The van der Waals surface area contributed by atoms with Gasteiger partial charge in [-0.3, -0.25) is 9.59 Å². The highest BCUT2D eigenvalue weighted by atomic mass is 32.2. The van der Waals surface area contributed by atoms with E-state index in [9.17, 15) is 18.0 Å². The third kappa shape index (κ3) is 5.96. The van der Waals surface area contributed by atoms with Crippen molar-refractivity contribution >= 4 is 27.5 Å². The second-order valence-electron chi connectivity index (χ2n) is 6.43. The summed E-state index contributed by atoms with van der Waals surface area (Å²) >= 11 is 1.02. The molecule has 0 bridgehead atoms. The first-order valence-corrected chi connectivity index (χ1v) is 11.8. The molecule has 2 N–H and O–H groups in total. The molecule has 3 aromatic rings. The predicted octanol–water partition coefficient (Wildman–Crippen LogP) is 2.06. The van der Waals surface area contributed by atoms with Crippen LogP contribution in [0.2, 0.25) is 0 Å². The molecule has 31 heavy (non-hydrogen) atoms.